The van der Waals surface area contributed by atoms with Crippen molar-refractivity contribution in [3.05, 3.63) is 53.2 Å². The molecule has 6 heteroatoms. The number of carbonyl (C=O) groups excluding carboxylic acids is 1. The molecule has 1 aliphatic carbocycles. The van der Waals surface area contributed by atoms with Gasteiger partial charge in [-0.2, -0.15) is 0 Å². The molecule has 0 saturated carbocycles. The van der Waals surface area contributed by atoms with Crippen molar-refractivity contribution in [3.8, 4) is 5.88 Å². The van der Waals surface area contributed by atoms with Gasteiger partial charge in [0, 0.05) is 0 Å². The molecule has 1 aliphatic rings. The van der Waals surface area contributed by atoms with Crippen LogP contribution in [0, 0.1) is 0 Å². The van der Waals surface area contributed by atoms with Crippen molar-refractivity contribution < 1.29 is 9.53 Å². The van der Waals surface area contributed by atoms with Crippen LogP contribution in [-0.2, 0) is 11.2 Å². The number of benzene rings is 1. The van der Waals surface area contributed by atoms with Gasteiger partial charge in [-0.05, 0) is 41.8 Å². The molecule has 0 saturated heterocycles. The van der Waals surface area contributed by atoms with E-state index in [1.807, 2.05) is 23.6 Å². The van der Waals surface area contributed by atoms with Crippen molar-refractivity contribution in [2.75, 3.05) is 6.61 Å². The van der Waals surface area contributed by atoms with Crippen LogP contribution in [0.4, 0.5) is 0 Å². The Morgan fingerprint density at radius 3 is 3.17 bits per heavy atom. The van der Waals surface area contributed by atoms with Gasteiger partial charge in [0.25, 0.3) is 5.91 Å². The fourth-order valence-corrected chi connectivity index (χ4v) is 3.88. The van der Waals surface area contributed by atoms with Crippen molar-refractivity contribution >= 4 is 27.5 Å². The summed E-state index contributed by atoms with van der Waals surface area (Å²) in [5.41, 5.74) is 2.55. The third-order valence-corrected chi connectivity index (χ3v) is 5.09. The first-order chi connectivity index (χ1) is 11.8. The maximum Gasteiger partial charge on any atom is 0.258 e. The van der Waals surface area contributed by atoms with Crippen LogP contribution in [0.15, 0.2) is 42.0 Å². The van der Waals surface area contributed by atoms with Crippen LogP contribution in [-0.4, -0.2) is 22.5 Å². The van der Waals surface area contributed by atoms with Gasteiger partial charge in [0.05, 0.1) is 11.4 Å². The third-order valence-electron chi connectivity index (χ3n) is 4.27. The maximum absolute atomic E-state index is 12.3. The van der Waals surface area contributed by atoms with Crippen LogP contribution in [0.3, 0.4) is 0 Å². The molecule has 0 spiro atoms. The molecule has 1 N–H and O–H groups in total. The Kier molecular flexibility index (Phi) is 4.13. The van der Waals surface area contributed by atoms with E-state index in [1.165, 1.54) is 28.8 Å². The first-order valence-electron chi connectivity index (χ1n) is 7.99. The second-order valence-corrected chi connectivity index (χ2v) is 6.71. The second kappa shape index (κ2) is 6.57. The number of hydrogen-bond donors (Lipinski definition) is 1. The normalized spacial score (nSPS) is 16.6. The van der Waals surface area contributed by atoms with Gasteiger partial charge < -0.3 is 10.1 Å². The van der Waals surface area contributed by atoms with Crippen LogP contribution < -0.4 is 10.1 Å². The molecule has 4 rings (SSSR count). The number of aromatic nitrogens is 2. The van der Waals surface area contributed by atoms with E-state index in [0.29, 0.717) is 5.88 Å². The van der Waals surface area contributed by atoms with Crippen LogP contribution >= 0.6 is 11.3 Å². The van der Waals surface area contributed by atoms with Crippen molar-refractivity contribution in [1.29, 1.82) is 0 Å². The van der Waals surface area contributed by atoms with Crippen molar-refractivity contribution in [1.82, 2.24) is 15.3 Å². The van der Waals surface area contributed by atoms with Crippen LogP contribution in [0.25, 0.3) is 10.2 Å². The van der Waals surface area contributed by atoms with Gasteiger partial charge in [-0.25, -0.2) is 9.97 Å². The topological polar surface area (TPSA) is 64.1 Å². The summed E-state index contributed by atoms with van der Waals surface area (Å²) in [6.45, 7) is -0.0410. The molecule has 0 radical (unpaired) electrons. The number of nitrogens with zero attached hydrogens (tertiary/aromatic N) is 2. The largest absolute Gasteiger partial charge is 0.467 e. The van der Waals surface area contributed by atoms with Crippen LogP contribution in [0.2, 0.25) is 0 Å². The fourth-order valence-electron chi connectivity index (χ4n) is 3.16. The highest BCUT2D eigenvalue weighted by Gasteiger charge is 2.21. The fraction of sp³-hybridized carbons (Fsp3) is 0.278. The minimum atomic E-state index is -0.126. The average molecular weight is 339 g/mol. The summed E-state index contributed by atoms with van der Waals surface area (Å²) in [5, 5.41) is 5.86. The van der Waals surface area contributed by atoms with E-state index >= 15 is 0 Å². The lowest BCUT2D eigenvalue weighted by Gasteiger charge is -2.26. The van der Waals surface area contributed by atoms with E-state index in [-0.39, 0.29) is 18.6 Å². The van der Waals surface area contributed by atoms with Gasteiger partial charge in [0.15, 0.2) is 6.61 Å². The minimum absolute atomic E-state index is 0.0410. The van der Waals surface area contributed by atoms with Gasteiger partial charge in [0.2, 0.25) is 5.88 Å². The second-order valence-electron chi connectivity index (χ2n) is 5.82. The van der Waals surface area contributed by atoms with Gasteiger partial charge >= 0.3 is 0 Å². The predicted octanol–water partition coefficient (Wildman–Crippen LogP) is 3.26. The number of aryl methyl sites for hydroxylation is 1. The van der Waals surface area contributed by atoms with Crippen LogP contribution in [0.1, 0.15) is 30.0 Å². The Morgan fingerprint density at radius 2 is 2.21 bits per heavy atom. The standard InChI is InChI=1S/C18H17N3O2S/c22-16(10-23-17-14-8-9-24-18(14)20-11-19-17)21-15-7-3-5-12-4-1-2-6-13(12)15/h1-2,4,6,8-9,11,15H,3,5,7,10H2,(H,21,22). The summed E-state index contributed by atoms with van der Waals surface area (Å²) in [4.78, 5) is 21.5. The zero-order valence-corrected chi connectivity index (χ0v) is 13.9. The van der Waals surface area contributed by atoms with E-state index < -0.39 is 0 Å². The summed E-state index contributed by atoms with van der Waals surface area (Å²) in [6.07, 6.45) is 4.59. The number of amides is 1. The summed E-state index contributed by atoms with van der Waals surface area (Å²) in [7, 11) is 0. The summed E-state index contributed by atoms with van der Waals surface area (Å²) in [5.74, 6) is 0.333. The quantitative estimate of drug-likeness (QED) is 0.792. The molecule has 2 aromatic heterocycles. The number of ether oxygens (including phenoxy) is 1. The third kappa shape index (κ3) is 2.97. The Hall–Kier alpha value is -2.47. The molecule has 24 heavy (non-hydrogen) atoms. The highest BCUT2D eigenvalue weighted by molar-refractivity contribution is 7.16. The maximum atomic E-state index is 12.3. The predicted molar refractivity (Wildman–Crippen MR) is 93.2 cm³/mol. The van der Waals surface area contributed by atoms with E-state index in [4.69, 9.17) is 4.74 Å². The minimum Gasteiger partial charge on any atom is -0.467 e. The SMILES string of the molecule is O=C(COc1ncnc2sccc12)NC1CCCc2ccccc21. The molecule has 122 valence electrons. The molecule has 3 aromatic rings. The Morgan fingerprint density at radius 1 is 1.29 bits per heavy atom. The van der Waals surface area contributed by atoms with Gasteiger partial charge in [-0.15, -0.1) is 11.3 Å². The Balaban J connectivity index is 1.42. The average Bonchev–Trinajstić information content (AvgIpc) is 3.09. The van der Waals surface area contributed by atoms with Gasteiger partial charge in [-0.1, -0.05) is 24.3 Å². The molecule has 0 bridgehead atoms. The number of carbonyl (C=O) groups is 1. The summed E-state index contributed by atoms with van der Waals surface area (Å²) < 4.78 is 5.61. The number of fused-ring (bicyclic) bond motifs is 2. The van der Waals surface area contributed by atoms with E-state index in [2.05, 4.69) is 27.4 Å². The van der Waals surface area contributed by atoms with E-state index in [0.717, 1.165) is 29.5 Å². The molecule has 5 nitrogen and oxygen atoms in total. The number of hydrogen-bond acceptors (Lipinski definition) is 5. The highest BCUT2D eigenvalue weighted by Crippen LogP contribution is 2.29. The van der Waals surface area contributed by atoms with Crippen molar-refractivity contribution in [2.45, 2.75) is 25.3 Å². The molecule has 1 aromatic carbocycles. The first kappa shape index (κ1) is 15.1. The number of rotatable bonds is 4. The lowest BCUT2D eigenvalue weighted by Crippen LogP contribution is -2.34. The number of nitrogens with one attached hydrogen (secondary N) is 1. The lowest BCUT2D eigenvalue weighted by molar-refractivity contribution is -0.124. The molecule has 1 unspecified atom stereocenters. The Bertz CT molecular complexity index is 877. The summed E-state index contributed by atoms with van der Waals surface area (Å²) >= 11 is 1.52. The highest BCUT2D eigenvalue weighted by atomic mass is 32.1. The Labute approximate surface area is 143 Å². The van der Waals surface area contributed by atoms with Crippen molar-refractivity contribution in [2.24, 2.45) is 0 Å². The smallest absolute Gasteiger partial charge is 0.258 e. The molecule has 2 heterocycles. The van der Waals surface area contributed by atoms with E-state index in [9.17, 15) is 4.79 Å². The molecule has 0 fully saturated rings. The molecule has 1 atom stereocenters. The van der Waals surface area contributed by atoms with Gasteiger partial charge in [-0.3, -0.25) is 4.79 Å². The first-order valence-corrected chi connectivity index (χ1v) is 8.87. The molecule has 1 amide bonds. The number of thiophene rings is 1. The zero-order valence-electron chi connectivity index (χ0n) is 13.1. The monoisotopic (exact) mass is 339 g/mol. The van der Waals surface area contributed by atoms with Gasteiger partial charge in [0.1, 0.15) is 11.2 Å². The van der Waals surface area contributed by atoms with Crippen LogP contribution in [0.5, 0.6) is 5.88 Å². The van der Waals surface area contributed by atoms with E-state index in [1.54, 1.807) is 0 Å². The molecular weight excluding hydrogens is 322 g/mol. The van der Waals surface area contributed by atoms with Crippen molar-refractivity contribution in [3.63, 3.8) is 0 Å². The zero-order chi connectivity index (χ0) is 16.4. The summed E-state index contributed by atoms with van der Waals surface area (Å²) in [6, 6.07) is 10.3. The lowest BCUT2D eigenvalue weighted by atomic mass is 9.88. The molecular formula is C18H17N3O2S. The molecule has 0 aliphatic heterocycles.